The molecule has 1 aliphatic heterocycles. The van der Waals surface area contributed by atoms with Crippen molar-refractivity contribution in [2.24, 2.45) is 0 Å². The Bertz CT molecular complexity index is 897. The Hall–Kier alpha value is -2.63. The average Bonchev–Trinajstić information content (AvgIpc) is 2.60. The molecular weight excluding hydrogens is 342 g/mol. The molecule has 27 heavy (non-hydrogen) atoms. The van der Waals surface area contributed by atoms with E-state index in [-0.39, 0.29) is 17.7 Å². The fourth-order valence-corrected chi connectivity index (χ4v) is 3.44. The van der Waals surface area contributed by atoms with Crippen molar-refractivity contribution in [3.63, 3.8) is 0 Å². The lowest BCUT2D eigenvalue weighted by atomic mass is 10.0. The normalized spacial score (nSPS) is 15.2. The molecule has 144 valence electrons. The second kappa shape index (κ2) is 7.18. The van der Waals surface area contributed by atoms with Crippen molar-refractivity contribution >= 4 is 6.09 Å². The first-order valence-corrected chi connectivity index (χ1v) is 9.31. The number of benzene rings is 1. The van der Waals surface area contributed by atoms with Crippen LogP contribution in [0.15, 0.2) is 35.1 Å². The maximum absolute atomic E-state index is 13.1. The highest BCUT2D eigenvalue weighted by molar-refractivity contribution is 5.68. The van der Waals surface area contributed by atoms with Gasteiger partial charge in [-0.05, 0) is 46.6 Å². The van der Waals surface area contributed by atoms with Gasteiger partial charge in [-0.3, -0.25) is 9.36 Å². The van der Waals surface area contributed by atoms with Gasteiger partial charge < -0.3 is 9.64 Å². The van der Waals surface area contributed by atoms with Crippen molar-refractivity contribution < 1.29 is 9.53 Å². The van der Waals surface area contributed by atoms with Crippen LogP contribution in [0.5, 0.6) is 0 Å². The second-order valence-corrected chi connectivity index (χ2v) is 8.00. The molecule has 1 atom stereocenters. The van der Waals surface area contributed by atoms with Crippen LogP contribution in [0.3, 0.4) is 0 Å². The molecule has 6 heteroatoms. The van der Waals surface area contributed by atoms with E-state index in [9.17, 15) is 9.59 Å². The summed E-state index contributed by atoms with van der Waals surface area (Å²) in [6.07, 6.45) is 0.122. The Morgan fingerprint density at radius 2 is 1.89 bits per heavy atom. The van der Waals surface area contributed by atoms with Crippen LogP contribution in [-0.4, -0.2) is 32.7 Å². The van der Waals surface area contributed by atoms with Crippen LogP contribution in [0.4, 0.5) is 4.79 Å². The van der Waals surface area contributed by atoms with Gasteiger partial charge in [0.05, 0.1) is 18.3 Å². The number of aromatic nitrogens is 2. The largest absolute Gasteiger partial charge is 0.444 e. The van der Waals surface area contributed by atoms with Crippen LogP contribution < -0.4 is 5.56 Å². The SMILES string of the molecule is Cc1nc2c(c(=O)n1C(C)c1ccccc1)CCN(C(=O)OC(C)(C)C)C2. The second-order valence-electron chi connectivity index (χ2n) is 8.00. The van der Waals surface area contributed by atoms with E-state index < -0.39 is 5.60 Å². The summed E-state index contributed by atoms with van der Waals surface area (Å²) in [6, 6.07) is 9.83. The smallest absolute Gasteiger partial charge is 0.410 e. The Kier molecular flexibility index (Phi) is 5.09. The molecule has 0 aliphatic carbocycles. The van der Waals surface area contributed by atoms with E-state index in [1.54, 1.807) is 9.47 Å². The van der Waals surface area contributed by atoms with Crippen molar-refractivity contribution in [3.8, 4) is 0 Å². The highest BCUT2D eigenvalue weighted by Crippen LogP contribution is 2.21. The minimum absolute atomic E-state index is 0.0160. The number of carbonyl (C=O) groups excluding carboxylic acids is 1. The summed E-state index contributed by atoms with van der Waals surface area (Å²) in [5.41, 5.74) is 1.87. The third kappa shape index (κ3) is 4.04. The van der Waals surface area contributed by atoms with Gasteiger partial charge in [0.25, 0.3) is 5.56 Å². The summed E-state index contributed by atoms with van der Waals surface area (Å²) >= 11 is 0. The highest BCUT2D eigenvalue weighted by Gasteiger charge is 2.29. The van der Waals surface area contributed by atoms with Gasteiger partial charge in [0.1, 0.15) is 11.4 Å². The topological polar surface area (TPSA) is 64.4 Å². The molecule has 0 radical (unpaired) electrons. The van der Waals surface area contributed by atoms with Crippen molar-refractivity contribution in [1.82, 2.24) is 14.5 Å². The quantitative estimate of drug-likeness (QED) is 0.813. The van der Waals surface area contributed by atoms with Gasteiger partial charge in [-0.25, -0.2) is 9.78 Å². The molecule has 0 spiro atoms. The molecule has 2 heterocycles. The van der Waals surface area contributed by atoms with E-state index in [0.717, 1.165) is 5.56 Å². The molecule has 0 fully saturated rings. The summed E-state index contributed by atoms with van der Waals surface area (Å²) < 4.78 is 7.20. The van der Waals surface area contributed by atoms with E-state index in [1.807, 2.05) is 65.0 Å². The van der Waals surface area contributed by atoms with Crippen molar-refractivity contribution in [2.45, 2.75) is 59.2 Å². The van der Waals surface area contributed by atoms with Gasteiger partial charge in [0.15, 0.2) is 0 Å². The molecule has 1 aromatic carbocycles. The monoisotopic (exact) mass is 369 g/mol. The highest BCUT2D eigenvalue weighted by atomic mass is 16.6. The molecule has 0 bridgehead atoms. The van der Waals surface area contributed by atoms with Crippen LogP contribution in [0.25, 0.3) is 0 Å². The Morgan fingerprint density at radius 3 is 2.52 bits per heavy atom. The van der Waals surface area contributed by atoms with Crippen molar-refractivity contribution in [3.05, 3.63) is 63.3 Å². The van der Waals surface area contributed by atoms with Gasteiger partial charge in [-0.15, -0.1) is 0 Å². The Labute approximate surface area is 159 Å². The van der Waals surface area contributed by atoms with Gasteiger partial charge in [-0.1, -0.05) is 30.3 Å². The summed E-state index contributed by atoms with van der Waals surface area (Å²) in [6.45, 7) is 10.1. The molecule has 0 saturated carbocycles. The summed E-state index contributed by atoms with van der Waals surface area (Å²) in [4.78, 5) is 31.8. The maximum atomic E-state index is 13.1. The molecule has 0 N–H and O–H groups in total. The molecule has 0 saturated heterocycles. The van der Waals surface area contributed by atoms with Gasteiger partial charge in [-0.2, -0.15) is 0 Å². The van der Waals surface area contributed by atoms with E-state index in [0.29, 0.717) is 36.6 Å². The molecule has 1 aromatic heterocycles. The van der Waals surface area contributed by atoms with Crippen LogP contribution in [0, 0.1) is 6.92 Å². The fourth-order valence-electron chi connectivity index (χ4n) is 3.44. The molecule has 3 rings (SSSR count). The third-order valence-corrected chi connectivity index (χ3v) is 4.76. The fraction of sp³-hybridized carbons (Fsp3) is 0.476. The van der Waals surface area contributed by atoms with E-state index in [1.165, 1.54) is 0 Å². The lowest BCUT2D eigenvalue weighted by Crippen LogP contribution is -2.43. The molecule has 1 amide bonds. The molecule has 2 aromatic rings. The number of nitrogens with zero attached hydrogens (tertiary/aromatic N) is 3. The van der Waals surface area contributed by atoms with E-state index >= 15 is 0 Å². The number of hydrogen-bond donors (Lipinski definition) is 0. The zero-order valence-electron chi connectivity index (χ0n) is 16.7. The van der Waals surface area contributed by atoms with Crippen LogP contribution in [-0.2, 0) is 17.7 Å². The Balaban J connectivity index is 1.91. The number of ether oxygens (including phenoxy) is 1. The first kappa shape index (κ1) is 19.1. The summed E-state index contributed by atoms with van der Waals surface area (Å²) in [7, 11) is 0. The minimum Gasteiger partial charge on any atom is -0.444 e. The van der Waals surface area contributed by atoms with Crippen LogP contribution in [0.1, 0.15) is 56.4 Å². The van der Waals surface area contributed by atoms with Crippen molar-refractivity contribution in [1.29, 1.82) is 0 Å². The zero-order chi connectivity index (χ0) is 19.8. The minimum atomic E-state index is -0.546. The number of rotatable bonds is 2. The third-order valence-electron chi connectivity index (χ3n) is 4.76. The first-order chi connectivity index (χ1) is 12.7. The Morgan fingerprint density at radius 1 is 1.22 bits per heavy atom. The molecule has 1 aliphatic rings. The van der Waals surface area contributed by atoms with E-state index in [4.69, 9.17) is 4.74 Å². The van der Waals surface area contributed by atoms with Crippen molar-refractivity contribution in [2.75, 3.05) is 6.54 Å². The maximum Gasteiger partial charge on any atom is 0.410 e. The average molecular weight is 369 g/mol. The van der Waals surface area contributed by atoms with Crippen LogP contribution >= 0.6 is 0 Å². The van der Waals surface area contributed by atoms with Crippen LogP contribution in [0.2, 0.25) is 0 Å². The van der Waals surface area contributed by atoms with Gasteiger partial charge in [0.2, 0.25) is 0 Å². The molecule has 1 unspecified atom stereocenters. The predicted molar refractivity (Wildman–Crippen MR) is 104 cm³/mol. The molecule has 6 nitrogen and oxygen atoms in total. The predicted octanol–water partition coefficient (Wildman–Crippen LogP) is 3.45. The number of fused-ring (bicyclic) bond motifs is 1. The zero-order valence-corrected chi connectivity index (χ0v) is 16.7. The number of hydrogen-bond acceptors (Lipinski definition) is 4. The number of carbonyl (C=O) groups is 1. The van der Waals surface area contributed by atoms with Gasteiger partial charge >= 0.3 is 6.09 Å². The summed E-state index contributed by atoms with van der Waals surface area (Å²) in [5, 5.41) is 0. The summed E-state index contributed by atoms with van der Waals surface area (Å²) in [5.74, 6) is 0.654. The standard InChI is InChI=1S/C21H27N3O3/c1-14(16-9-7-6-8-10-16)24-15(2)22-18-13-23(12-11-17(18)19(24)25)20(26)27-21(3,4)5/h6-10,14H,11-13H2,1-5H3. The first-order valence-electron chi connectivity index (χ1n) is 9.31. The lowest BCUT2D eigenvalue weighted by Gasteiger charge is -2.31. The number of aryl methyl sites for hydroxylation is 1. The van der Waals surface area contributed by atoms with Gasteiger partial charge in [0, 0.05) is 12.1 Å². The lowest BCUT2D eigenvalue weighted by molar-refractivity contribution is 0.0219. The van der Waals surface area contributed by atoms with E-state index in [2.05, 4.69) is 4.98 Å². The molecular formula is C21H27N3O3. The number of amides is 1.